The van der Waals surface area contributed by atoms with Gasteiger partial charge in [0, 0.05) is 28.8 Å². The van der Waals surface area contributed by atoms with Crippen LogP contribution in [-0.4, -0.2) is 69.0 Å². The fourth-order valence-electron chi connectivity index (χ4n) is 5.82. The number of aromatic amines is 1. The molecule has 11 nitrogen and oxygen atoms in total. The average Bonchev–Trinajstić information content (AvgIpc) is 3.75. The lowest BCUT2D eigenvalue weighted by Crippen LogP contribution is -1.95. The fourth-order valence-corrected chi connectivity index (χ4v) is 5.82. The van der Waals surface area contributed by atoms with E-state index in [1.165, 1.54) is 11.1 Å². The number of ether oxygens (including phenoxy) is 9. The van der Waals surface area contributed by atoms with Crippen molar-refractivity contribution in [2.75, 3.05) is 64.0 Å². The maximum atomic E-state index is 5.54. The number of hydrogen-bond acceptors (Lipinski definition) is 10. The van der Waals surface area contributed by atoms with Gasteiger partial charge in [0.15, 0.2) is 23.0 Å². The van der Waals surface area contributed by atoms with E-state index in [9.17, 15) is 0 Å². The zero-order valence-corrected chi connectivity index (χ0v) is 34.3. The molecule has 0 aliphatic heterocycles. The van der Waals surface area contributed by atoms with Gasteiger partial charge < -0.3 is 52.0 Å². The minimum Gasteiger partial charge on any atom is -0.496 e. The van der Waals surface area contributed by atoms with Crippen molar-refractivity contribution in [1.82, 2.24) is 4.98 Å². The van der Waals surface area contributed by atoms with Crippen LogP contribution < -0.4 is 42.6 Å². The maximum absolute atomic E-state index is 5.54. The van der Waals surface area contributed by atoms with Gasteiger partial charge in [-0.15, -0.1) is 0 Å². The molecule has 0 spiro atoms. The molecular weight excluding hydrogens is 702 g/mol. The third kappa shape index (κ3) is 10.9. The van der Waals surface area contributed by atoms with Crippen molar-refractivity contribution in [2.24, 2.45) is 0 Å². The van der Waals surface area contributed by atoms with Crippen LogP contribution in [-0.2, 0) is 0 Å². The fraction of sp³-hybridized carbons (Fsp3) is 0.364. The normalized spacial score (nSPS) is 9.95. The number of methoxy groups -OCH3 is 9. The Morgan fingerprint density at radius 1 is 0.436 bits per heavy atom. The van der Waals surface area contributed by atoms with Crippen LogP contribution in [0.3, 0.4) is 0 Å². The summed E-state index contributed by atoms with van der Waals surface area (Å²) in [6.07, 6.45) is 0. The molecule has 6 aromatic rings. The number of fused-ring (bicyclic) bond motifs is 2. The Labute approximate surface area is 326 Å². The number of H-pyrrole nitrogens is 1. The Hall–Kier alpha value is -5.84. The van der Waals surface area contributed by atoms with Gasteiger partial charge in [0.1, 0.15) is 28.6 Å². The molecule has 0 radical (unpaired) electrons. The molecule has 0 fully saturated rings. The third-order valence-corrected chi connectivity index (χ3v) is 8.47. The average molecular weight is 762 g/mol. The van der Waals surface area contributed by atoms with Crippen molar-refractivity contribution < 1.29 is 47.0 Å². The second kappa shape index (κ2) is 21.2. The van der Waals surface area contributed by atoms with Crippen LogP contribution in [0.4, 0.5) is 0 Å². The molecule has 1 N–H and O–H groups in total. The molecule has 0 saturated carbocycles. The Morgan fingerprint density at radius 3 is 1.38 bits per heavy atom. The molecule has 0 atom stereocenters. The number of rotatable bonds is 9. The van der Waals surface area contributed by atoms with Crippen molar-refractivity contribution in [1.29, 1.82) is 0 Å². The number of aryl methyl sites for hydroxylation is 5. The van der Waals surface area contributed by atoms with Gasteiger partial charge in [-0.2, -0.15) is 0 Å². The summed E-state index contributed by atoms with van der Waals surface area (Å²) in [5, 5.41) is 1.88. The summed E-state index contributed by atoms with van der Waals surface area (Å²) in [6, 6.07) is 17.8. The molecule has 0 saturated heterocycles. The van der Waals surface area contributed by atoms with E-state index >= 15 is 0 Å². The largest absolute Gasteiger partial charge is 0.496 e. The lowest BCUT2D eigenvalue weighted by atomic mass is 10.1. The van der Waals surface area contributed by atoms with Crippen LogP contribution in [0.25, 0.3) is 21.9 Å². The van der Waals surface area contributed by atoms with Crippen LogP contribution in [0.15, 0.2) is 59.0 Å². The lowest BCUT2D eigenvalue weighted by molar-refractivity contribution is 0.326. The van der Waals surface area contributed by atoms with E-state index in [2.05, 4.69) is 24.0 Å². The Bertz CT molecular complexity index is 2010. The van der Waals surface area contributed by atoms with Gasteiger partial charge in [0.25, 0.3) is 0 Å². The monoisotopic (exact) mass is 761 g/mol. The third-order valence-electron chi connectivity index (χ3n) is 8.47. The molecule has 11 heteroatoms. The van der Waals surface area contributed by atoms with Crippen molar-refractivity contribution in [3.8, 4) is 51.7 Å². The van der Waals surface area contributed by atoms with E-state index in [4.69, 9.17) is 47.0 Å². The number of hydrogen-bond donors (Lipinski definition) is 1. The lowest BCUT2D eigenvalue weighted by Gasteiger charge is -2.12. The van der Waals surface area contributed by atoms with Gasteiger partial charge in [-0.05, 0) is 88.6 Å². The molecule has 0 unspecified atom stereocenters. The molecule has 300 valence electrons. The smallest absolute Gasteiger partial charge is 0.204 e. The highest BCUT2D eigenvalue weighted by molar-refractivity contribution is 5.92. The quantitative estimate of drug-likeness (QED) is 0.153. The SMILES string of the molecule is C.COc1cc(C)cc(OC)c1C.COc1cc(C)ccc1C.COc1cc2[nH]c(C)cc2c(OC)c1OC.COc1cc2oc(C)cc2c(OC)c1OC. The first-order valence-electron chi connectivity index (χ1n) is 17.1. The Balaban J connectivity index is 0.000000256. The summed E-state index contributed by atoms with van der Waals surface area (Å²) in [5.74, 6) is 7.35. The molecule has 0 bridgehead atoms. The van der Waals surface area contributed by atoms with Crippen LogP contribution >= 0.6 is 0 Å². The van der Waals surface area contributed by atoms with Gasteiger partial charge in [0.05, 0.1) is 74.9 Å². The molecule has 2 aromatic heterocycles. The number of aromatic nitrogens is 1. The van der Waals surface area contributed by atoms with E-state index < -0.39 is 0 Å². The number of benzene rings is 4. The van der Waals surface area contributed by atoms with E-state index in [1.807, 2.05) is 71.0 Å². The van der Waals surface area contributed by atoms with Crippen molar-refractivity contribution in [3.05, 3.63) is 88.3 Å². The molecule has 2 heterocycles. The van der Waals surface area contributed by atoms with Gasteiger partial charge in [-0.25, -0.2) is 0 Å². The first-order chi connectivity index (χ1) is 25.8. The zero-order chi connectivity index (χ0) is 40.1. The van der Waals surface area contributed by atoms with Crippen molar-refractivity contribution >= 4 is 21.9 Å². The summed E-state index contributed by atoms with van der Waals surface area (Å²) < 4.78 is 52.9. The summed E-state index contributed by atoms with van der Waals surface area (Å²) in [7, 11) is 14.6. The van der Waals surface area contributed by atoms with Crippen molar-refractivity contribution in [2.45, 2.75) is 49.0 Å². The molecule has 4 aromatic carbocycles. The highest BCUT2D eigenvalue weighted by Crippen LogP contribution is 2.45. The highest BCUT2D eigenvalue weighted by Gasteiger charge is 2.19. The standard InChI is InChI=1S/C12H15NO3.C12H14O4.C10H14O2.C9H12O.CH4/c1-7-5-8-9(13-7)6-10(14-2)12(16-4)11(8)15-3;1-7-5-8-9(16-7)6-10(13-2)12(15-4)11(8)14-3;1-7-5-9(11-3)8(2)10(6-7)12-4;1-7-4-5-8(2)9(6-7)10-3;/h5-6,13H,1-4H3;5-6H,1-4H3;5-6H,1-4H3;4-6H,1-3H3;1H4. The van der Waals surface area contributed by atoms with Crippen LogP contribution in [0.2, 0.25) is 0 Å². The van der Waals surface area contributed by atoms with E-state index in [1.54, 1.807) is 70.1 Å². The van der Waals surface area contributed by atoms with E-state index in [-0.39, 0.29) is 7.43 Å². The molecular formula is C44H59NO10. The van der Waals surface area contributed by atoms with Gasteiger partial charge in [-0.1, -0.05) is 19.6 Å². The molecule has 6 rings (SSSR count). The van der Waals surface area contributed by atoms with Crippen LogP contribution in [0.1, 0.15) is 41.1 Å². The zero-order valence-electron chi connectivity index (χ0n) is 34.3. The summed E-state index contributed by atoms with van der Waals surface area (Å²) in [6.45, 7) is 12.0. The molecule has 0 aliphatic rings. The van der Waals surface area contributed by atoms with Crippen molar-refractivity contribution in [3.63, 3.8) is 0 Å². The summed E-state index contributed by atoms with van der Waals surface area (Å²) in [4.78, 5) is 3.24. The maximum Gasteiger partial charge on any atom is 0.204 e. The van der Waals surface area contributed by atoms with E-state index in [0.717, 1.165) is 61.7 Å². The minimum absolute atomic E-state index is 0. The Morgan fingerprint density at radius 2 is 0.909 bits per heavy atom. The number of nitrogens with one attached hydrogen (secondary N) is 1. The molecule has 0 amide bonds. The molecule has 55 heavy (non-hydrogen) atoms. The second-order valence-electron chi connectivity index (χ2n) is 12.2. The summed E-state index contributed by atoms with van der Waals surface area (Å²) in [5.41, 5.74) is 7.40. The van der Waals surface area contributed by atoms with Crippen LogP contribution in [0, 0.1) is 41.5 Å². The first-order valence-corrected chi connectivity index (χ1v) is 17.1. The topological polar surface area (TPSA) is 112 Å². The van der Waals surface area contributed by atoms with E-state index in [0.29, 0.717) is 34.5 Å². The molecule has 0 aliphatic carbocycles. The van der Waals surface area contributed by atoms with Crippen LogP contribution in [0.5, 0.6) is 51.7 Å². The first kappa shape index (κ1) is 45.3. The predicted molar refractivity (Wildman–Crippen MR) is 222 cm³/mol. The minimum atomic E-state index is 0. The van der Waals surface area contributed by atoms with Gasteiger partial charge >= 0.3 is 0 Å². The summed E-state index contributed by atoms with van der Waals surface area (Å²) >= 11 is 0. The van der Waals surface area contributed by atoms with Gasteiger partial charge in [0.2, 0.25) is 11.5 Å². The predicted octanol–water partition coefficient (Wildman–Crippen LogP) is 10.5. The Kier molecular flexibility index (Phi) is 17.4. The highest BCUT2D eigenvalue weighted by atomic mass is 16.5. The second-order valence-corrected chi connectivity index (χ2v) is 12.2. The number of furan rings is 1. The van der Waals surface area contributed by atoms with Gasteiger partial charge in [-0.3, -0.25) is 0 Å².